The van der Waals surface area contributed by atoms with Crippen molar-refractivity contribution in [2.75, 3.05) is 6.61 Å². The van der Waals surface area contributed by atoms with Crippen LogP contribution in [0.15, 0.2) is 29.0 Å². The van der Waals surface area contributed by atoms with Gasteiger partial charge < -0.3 is 10.8 Å². The van der Waals surface area contributed by atoms with Crippen molar-refractivity contribution in [3.63, 3.8) is 0 Å². The first kappa shape index (κ1) is 10.9. The molecule has 0 aromatic carbocycles. The second-order valence-corrected chi connectivity index (χ2v) is 2.62. The smallest absolute Gasteiger partial charge is 0.0849 e. The van der Waals surface area contributed by atoms with Crippen molar-refractivity contribution in [2.45, 2.75) is 20.3 Å². The lowest BCUT2D eigenvalue weighted by Crippen LogP contribution is -2.02. The van der Waals surface area contributed by atoms with Crippen LogP contribution in [-0.4, -0.2) is 17.4 Å². The van der Waals surface area contributed by atoms with E-state index in [0.717, 1.165) is 5.71 Å². The number of aliphatic hydroxyl groups is 1. The molecular formula is C9H16N2O. The standard InChI is InChI=1S/C9H16N2O/c1-4-9(6-12)11-8(3)5-7(2)10/h4,12H,2,5-6,10H2,1,3H3/b9-4-,11-8?. The van der Waals surface area contributed by atoms with Crippen molar-refractivity contribution >= 4 is 5.71 Å². The predicted molar refractivity (Wildman–Crippen MR) is 51.9 cm³/mol. The van der Waals surface area contributed by atoms with Crippen LogP contribution in [0.3, 0.4) is 0 Å². The SMILES string of the molecule is C=C(N)CC(C)=N/C(=C\C)CO. The van der Waals surface area contributed by atoms with Crippen LogP contribution in [-0.2, 0) is 0 Å². The van der Waals surface area contributed by atoms with Crippen molar-refractivity contribution < 1.29 is 5.11 Å². The van der Waals surface area contributed by atoms with Gasteiger partial charge in [-0.2, -0.15) is 0 Å². The molecule has 0 aromatic heterocycles. The Balaban J connectivity index is 4.23. The highest BCUT2D eigenvalue weighted by atomic mass is 16.3. The predicted octanol–water partition coefficient (Wildman–Crippen LogP) is 1.21. The molecule has 0 unspecified atom stereocenters. The molecule has 0 aliphatic heterocycles. The Morgan fingerprint density at radius 2 is 2.25 bits per heavy atom. The normalized spacial score (nSPS) is 13.2. The van der Waals surface area contributed by atoms with Crippen molar-refractivity contribution in [2.24, 2.45) is 10.7 Å². The molecule has 12 heavy (non-hydrogen) atoms. The fraction of sp³-hybridized carbons (Fsp3) is 0.444. The Bertz CT molecular complexity index is 217. The molecule has 0 fully saturated rings. The monoisotopic (exact) mass is 168 g/mol. The topological polar surface area (TPSA) is 58.6 Å². The van der Waals surface area contributed by atoms with Crippen molar-refractivity contribution in [3.8, 4) is 0 Å². The van der Waals surface area contributed by atoms with Crippen molar-refractivity contribution in [3.05, 3.63) is 24.0 Å². The highest BCUT2D eigenvalue weighted by Crippen LogP contribution is 2.00. The minimum atomic E-state index is -0.0368. The summed E-state index contributed by atoms with van der Waals surface area (Å²) in [4.78, 5) is 4.14. The van der Waals surface area contributed by atoms with Gasteiger partial charge >= 0.3 is 0 Å². The number of allylic oxidation sites excluding steroid dienone is 2. The van der Waals surface area contributed by atoms with E-state index < -0.39 is 0 Å². The lowest BCUT2D eigenvalue weighted by atomic mass is 10.2. The van der Waals surface area contributed by atoms with E-state index >= 15 is 0 Å². The van der Waals surface area contributed by atoms with E-state index in [1.807, 2.05) is 13.8 Å². The van der Waals surface area contributed by atoms with Gasteiger partial charge in [-0.3, -0.25) is 4.99 Å². The lowest BCUT2D eigenvalue weighted by Gasteiger charge is -2.00. The highest BCUT2D eigenvalue weighted by Gasteiger charge is 1.94. The third kappa shape index (κ3) is 4.68. The molecule has 0 rings (SSSR count). The molecule has 0 saturated heterocycles. The molecule has 0 aliphatic rings. The molecule has 0 bridgehead atoms. The molecule has 68 valence electrons. The lowest BCUT2D eigenvalue weighted by molar-refractivity contribution is 0.330. The van der Waals surface area contributed by atoms with Gasteiger partial charge in [-0.1, -0.05) is 12.7 Å². The Morgan fingerprint density at radius 3 is 2.58 bits per heavy atom. The van der Waals surface area contributed by atoms with Crippen LogP contribution in [0.25, 0.3) is 0 Å². The first-order valence-corrected chi connectivity index (χ1v) is 3.83. The second kappa shape index (κ2) is 5.55. The van der Waals surface area contributed by atoms with E-state index in [1.54, 1.807) is 6.08 Å². The summed E-state index contributed by atoms with van der Waals surface area (Å²) in [5, 5.41) is 8.78. The van der Waals surface area contributed by atoms with Crippen LogP contribution in [0.1, 0.15) is 20.3 Å². The van der Waals surface area contributed by atoms with Crippen LogP contribution >= 0.6 is 0 Å². The van der Waals surface area contributed by atoms with Gasteiger partial charge in [-0.15, -0.1) is 0 Å². The van der Waals surface area contributed by atoms with Gasteiger partial charge in [0.25, 0.3) is 0 Å². The zero-order chi connectivity index (χ0) is 9.56. The van der Waals surface area contributed by atoms with Gasteiger partial charge in [0, 0.05) is 17.8 Å². The minimum Gasteiger partial charge on any atom is -0.402 e. The van der Waals surface area contributed by atoms with Crippen molar-refractivity contribution in [1.29, 1.82) is 0 Å². The third-order valence-electron chi connectivity index (χ3n) is 1.31. The van der Waals surface area contributed by atoms with Gasteiger partial charge in [0.2, 0.25) is 0 Å². The summed E-state index contributed by atoms with van der Waals surface area (Å²) >= 11 is 0. The summed E-state index contributed by atoms with van der Waals surface area (Å²) in [6, 6.07) is 0. The maximum absolute atomic E-state index is 8.78. The van der Waals surface area contributed by atoms with Gasteiger partial charge in [0.05, 0.1) is 12.3 Å². The second-order valence-electron chi connectivity index (χ2n) is 2.62. The molecule has 3 nitrogen and oxygen atoms in total. The van der Waals surface area contributed by atoms with Crippen LogP contribution in [0.5, 0.6) is 0 Å². The van der Waals surface area contributed by atoms with Gasteiger partial charge in [0.1, 0.15) is 0 Å². The number of hydrogen-bond donors (Lipinski definition) is 2. The molecule has 3 N–H and O–H groups in total. The minimum absolute atomic E-state index is 0.0368. The molecular weight excluding hydrogens is 152 g/mol. The zero-order valence-corrected chi connectivity index (χ0v) is 7.67. The van der Waals surface area contributed by atoms with E-state index in [4.69, 9.17) is 10.8 Å². The molecule has 3 heteroatoms. The average molecular weight is 168 g/mol. The van der Waals surface area contributed by atoms with Gasteiger partial charge in [0.15, 0.2) is 0 Å². The maximum atomic E-state index is 8.78. The quantitative estimate of drug-likeness (QED) is 0.620. The Kier molecular flexibility index (Phi) is 5.04. The third-order valence-corrected chi connectivity index (χ3v) is 1.31. The summed E-state index contributed by atoms with van der Waals surface area (Å²) in [7, 11) is 0. The number of nitrogens with two attached hydrogens (primary N) is 1. The van der Waals surface area contributed by atoms with Crippen LogP contribution in [0, 0.1) is 0 Å². The molecule has 0 atom stereocenters. The summed E-state index contributed by atoms with van der Waals surface area (Å²) in [6.07, 6.45) is 2.35. The van der Waals surface area contributed by atoms with Crippen molar-refractivity contribution in [1.82, 2.24) is 0 Å². The fourth-order valence-electron chi connectivity index (χ4n) is 0.804. The Morgan fingerprint density at radius 1 is 1.67 bits per heavy atom. The van der Waals surface area contributed by atoms with E-state index in [0.29, 0.717) is 17.8 Å². The number of hydrogen-bond acceptors (Lipinski definition) is 3. The van der Waals surface area contributed by atoms with Gasteiger partial charge in [-0.25, -0.2) is 0 Å². The number of aliphatic hydroxyl groups excluding tert-OH is 1. The first-order chi connectivity index (χ1) is 5.60. The summed E-state index contributed by atoms with van der Waals surface area (Å²) in [5.74, 6) is 0. The molecule has 0 radical (unpaired) electrons. The Labute approximate surface area is 73.3 Å². The molecule has 0 aliphatic carbocycles. The molecule has 0 heterocycles. The van der Waals surface area contributed by atoms with E-state index in [9.17, 15) is 0 Å². The van der Waals surface area contributed by atoms with Crippen LogP contribution in [0.4, 0.5) is 0 Å². The largest absolute Gasteiger partial charge is 0.402 e. The van der Waals surface area contributed by atoms with Crippen LogP contribution < -0.4 is 5.73 Å². The molecule has 0 saturated carbocycles. The average Bonchev–Trinajstić information content (AvgIpc) is 1.98. The van der Waals surface area contributed by atoms with Gasteiger partial charge in [-0.05, 0) is 13.8 Å². The molecule has 0 aromatic rings. The first-order valence-electron chi connectivity index (χ1n) is 3.83. The molecule has 0 amide bonds. The highest BCUT2D eigenvalue weighted by molar-refractivity contribution is 5.84. The number of nitrogens with zero attached hydrogens (tertiary/aromatic N) is 1. The van der Waals surface area contributed by atoms with E-state index in [2.05, 4.69) is 11.6 Å². The fourth-order valence-corrected chi connectivity index (χ4v) is 0.804. The number of aliphatic imine (C=N–C) groups is 1. The zero-order valence-electron chi connectivity index (χ0n) is 7.67. The van der Waals surface area contributed by atoms with E-state index in [1.165, 1.54) is 0 Å². The van der Waals surface area contributed by atoms with Crippen LogP contribution in [0.2, 0.25) is 0 Å². The molecule has 0 spiro atoms. The van der Waals surface area contributed by atoms with E-state index in [-0.39, 0.29) is 6.61 Å². The summed E-state index contributed by atoms with van der Waals surface area (Å²) in [5.41, 5.74) is 7.51. The maximum Gasteiger partial charge on any atom is 0.0849 e. The summed E-state index contributed by atoms with van der Waals surface area (Å²) in [6.45, 7) is 7.22. The Hall–Kier alpha value is -1.09. The number of rotatable bonds is 4. The summed E-state index contributed by atoms with van der Waals surface area (Å²) < 4.78 is 0.